The molecule has 0 bridgehead atoms. The van der Waals surface area contributed by atoms with Crippen molar-refractivity contribution in [1.82, 2.24) is 9.97 Å². The first-order valence-electron chi connectivity index (χ1n) is 7.99. The van der Waals surface area contributed by atoms with Crippen molar-refractivity contribution >= 4 is 33.1 Å². The Morgan fingerprint density at radius 1 is 1.08 bits per heavy atom. The lowest BCUT2D eigenvalue weighted by Crippen LogP contribution is -2.12. The Morgan fingerprint density at radius 2 is 1.92 bits per heavy atom. The molecule has 4 rings (SSSR count). The highest BCUT2D eigenvalue weighted by molar-refractivity contribution is 7.14. The molecule has 0 saturated heterocycles. The molecule has 0 radical (unpaired) electrons. The molecule has 1 N–H and O–H groups in total. The topological polar surface area (TPSA) is 64.1 Å². The number of aromatic nitrogens is 2. The summed E-state index contributed by atoms with van der Waals surface area (Å²) in [6.07, 6.45) is 3.46. The summed E-state index contributed by atoms with van der Waals surface area (Å²) in [6.45, 7) is 0. The van der Waals surface area contributed by atoms with Crippen molar-refractivity contribution in [3.63, 3.8) is 0 Å². The third kappa shape index (κ3) is 3.02. The predicted octanol–water partition coefficient (Wildman–Crippen LogP) is 4.62. The van der Waals surface area contributed by atoms with E-state index in [1.807, 2.05) is 41.8 Å². The van der Waals surface area contributed by atoms with Gasteiger partial charge in [-0.05, 0) is 29.7 Å². The van der Waals surface area contributed by atoms with Crippen LogP contribution in [0, 0.1) is 0 Å². The van der Waals surface area contributed by atoms with E-state index in [4.69, 9.17) is 4.74 Å². The van der Waals surface area contributed by atoms with Crippen molar-refractivity contribution < 1.29 is 9.53 Å². The summed E-state index contributed by atoms with van der Waals surface area (Å²) in [5.41, 5.74) is 2.29. The lowest BCUT2D eigenvalue weighted by Gasteiger charge is -2.09. The molecular weight excluding hydrogens is 346 g/mol. The van der Waals surface area contributed by atoms with Gasteiger partial charge in [-0.15, -0.1) is 11.3 Å². The zero-order valence-corrected chi connectivity index (χ0v) is 14.8. The molecule has 2 heterocycles. The van der Waals surface area contributed by atoms with E-state index in [9.17, 15) is 4.79 Å². The van der Waals surface area contributed by atoms with Gasteiger partial charge in [-0.25, -0.2) is 4.98 Å². The molecule has 0 aliphatic rings. The van der Waals surface area contributed by atoms with E-state index < -0.39 is 0 Å². The molecule has 128 valence electrons. The van der Waals surface area contributed by atoms with Crippen LogP contribution in [0.4, 0.5) is 5.13 Å². The van der Waals surface area contributed by atoms with Crippen molar-refractivity contribution in [2.24, 2.45) is 0 Å². The number of nitrogens with zero attached hydrogens (tertiary/aromatic N) is 2. The van der Waals surface area contributed by atoms with E-state index in [2.05, 4.69) is 15.3 Å². The number of carbonyl (C=O) groups is 1. The first-order valence-corrected chi connectivity index (χ1v) is 8.87. The number of thiazole rings is 1. The Hall–Kier alpha value is -3.25. The maximum atomic E-state index is 12.8. The smallest absolute Gasteiger partial charge is 0.258 e. The molecule has 2 aromatic heterocycles. The van der Waals surface area contributed by atoms with Gasteiger partial charge < -0.3 is 4.74 Å². The van der Waals surface area contributed by atoms with Gasteiger partial charge in [0.2, 0.25) is 0 Å². The quantitative estimate of drug-likeness (QED) is 0.576. The van der Waals surface area contributed by atoms with Crippen LogP contribution in [0.3, 0.4) is 0 Å². The molecule has 1 amide bonds. The number of ether oxygens (including phenoxy) is 1. The highest BCUT2D eigenvalue weighted by atomic mass is 32.1. The number of hydrogen-bond acceptors (Lipinski definition) is 5. The molecule has 0 aliphatic heterocycles. The third-order valence-electron chi connectivity index (χ3n) is 4.03. The monoisotopic (exact) mass is 361 g/mol. The van der Waals surface area contributed by atoms with Gasteiger partial charge in [-0.2, -0.15) is 0 Å². The van der Waals surface area contributed by atoms with Crippen LogP contribution in [-0.4, -0.2) is 23.0 Å². The zero-order valence-electron chi connectivity index (χ0n) is 14.0. The van der Waals surface area contributed by atoms with Gasteiger partial charge in [0, 0.05) is 34.3 Å². The number of benzene rings is 2. The highest BCUT2D eigenvalue weighted by Gasteiger charge is 2.14. The summed E-state index contributed by atoms with van der Waals surface area (Å²) >= 11 is 1.38. The largest absolute Gasteiger partial charge is 0.496 e. The van der Waals surface area contributed by atoms with Crippen LogP contribution in [0.5, 0.6) is 5.75 Å². The van der Waals surface area contributed by atoms with Crippen molar-refractivity contribution in [2.75, 3.05) is 12.4 Å². The number of carbonyl (C=O) groups excluding carboxylic acids is 1. The van der Waals surface area contributed by atoms with Gasteiger partial charge in [0.25, 0.3) is 5.91 Å². The molecule has 4 aromatic rings. The number of fused-ring (bicyclic) bond motifs is 1. The maximum absolute atomic E-state index is 12.8. The summed E-state index contributed by atoms with van der Waals surface area (Å²) in [5, 5.41) is 7.08. The maximum Gasteiger partial charge on any atom is 0.258 e. The number of rotatable bonds is 4. The van der Waals surface area contributed by atoms with Crippen molar-refractivity contribution in [2.45, 2.75) is 0 Å². The summed E-state index contributed by atoms with van der Waals surface area (Å²) in [7, 11) is 1.62. The van der Waals surface area contributed by atoms with Crippen molar-refractivity contribution in [3.05, 3.63) is 71.9 Å². The summed E-state index contributed by atoms with van der Waals surface area (Å²) in [6, 6.07) is 15.0. The first-order chi connectivity index (χ1) is 12.8. The number of methoxy groups -OCH3 is 1. The second-order valence-electron chi connectivity index (χ2n) is 5.59. The Kier molecular flexibility index (Phi) is 4.33. The minimum absolute atomic E-state index is 0.198. The van der Waals surface area contributed by atoms with E-state index in [-0.39, 0.29) is 5.91 Å². The molecular formula is C20H15N3O2S. The summed E-state index contributed by atoms with van der Waals surface area (Å²) < 4.78 is 5.38. The molecule has 6 heteroatoms. The van der Waals surface area contributed by atoms with E-state index >= 15 is 0 Å². The van der Waals surface area contributed by atoms with E-state index in [1.54, 1.807) is 31.6 Å². The lowest BCUT2D eigenvalue weighted by atomic mass is 10.0. The van der Waals surface area contributed by atoms with Gasteiger partial charge in [-0.1, -0.05) is 24.3 Å². The number of nitrogens with one attached hydrogen (secondary N) is 1. The Labute approximate surface area is 154 Å². The fourth-order valence-electron chi connectivity index (χ4n) is 2.79. The molecule has 0 unspecified atom stereocenters. The predicted molar refractivity (Wildman–Crippen MR) is 104 cm³/mol. The first kappa shape index (κ1) is 16.2. The number of anilines is 1. The molecule has 26 heavy (non-hydrogen) atoms. The molecule has 0 saturated carbocycles. The number of amides is 1. The highest BCUT2D eigenvalue weighted by Crippen LogP contribution is 2.29. The second kappa shape index (κ2) is 6.93. The van der Waals surface area contributed by atoms with Crippen LogP contribution in [0.2, 0.25) is 0 Å². The number of pyridine rings is 1. The normalized spacial score (nSPS) is 10.7. The van der Waals surface area contributed by atoms with Crippen LogP contribution < -0.4 is 10.1 Å². The van der Waals surface area contributed by atoms with E-state index in [0.717, 1.165) is 27.8 Å². The third-order valence-corrected chi connectivity index (χ3v) is 4.79. The molecule has 0 atom stereocenters. The van der Waals surface area contributed by atoms with Gasteiger partial charge in [0.1, 0.15) is 5.75 Å². The van der Waals surface area contributed by atoms with E-state index in [0.29, 0.717) is 10.7 Å². The lowest BCUT2D eigenvalue weighted by molar-refractivity contribution is 0.102. The van der Waals surface area contributed by atoms with Crippen LogP contribution in [0.25, 0.3) is 22.0 Å². The van der Waals surface area contributed by atoms with Crippen LogP contribution in [-0.2, 0) is 0 Å². The Balaban J connectivity index is 1.64. The van der Waals surface area contributed by atoms with Crippen LogP contribution in [0.1, 0.15) is 10.4 Å². The van der Waals surface area contributed by atoms with Crippen molar-refractivity contribution in [3.8, 4) is 17.0 Å². The Bertz CT molecular complexity index is 1080. The molecule has 2 aromatic carbocycles. The summed E-state index contributed by atoms with van der Waals surface area (Å²) in [5.74, 6) is 0.543. The molecule has 0 aliphatic carbocycles. The average Bonchev–Trinajstić information content (AvgIpc) is 3.16. The molecule has 0 fully saturated rings. The minimum Gasteiger partial charge on any atom is -0.496 e. The SMILES string of the molecule is COc1ccc(C(=O)Nc2nc(-c3cccnc3)cs2)c2ccccc12. The van der Waals surface area contributed by atoms with Gasteiger partial charge in [-0.3, -0.25) is 15.1 Å². The zero-order chi connectivity index (χ0) is 17.9. The van der Waals surface area contributed by atoms with Gasteiger partial charge >= 0.3 is 0 Å². The standard InChI is InChI=1S/C20H15N3O2S/c1-25-18-9-8-16(14-6-2-3-7-15(14)18)19(24)23-20-22-17(12-26-20)13-5-4-10-21-11-13/h2-12H,1H3,(H,22,23,24). The summed E-state index contributed by atoms with van der Waals surface area (Å²) in [4.78, 5) is 21.4. The van der Waals surface area contributed by atoms with Crippen molar-refractivity contribution in [1.29, 1.82) is 0 Å². The molecule has 0 spiro atoms. The van der Waals surface area contributed by atoms with Crippen LogP contribution >= 0.6 is 11.3 Å². The minimum atomic E-state index is -0.198. The fourth-order valence-corrected chi connectivity index (χ4v) is 3.50. The number of hydrogen-bond donors (Lipinski definition) is 1. The van der Waals surface area contributed by atoms with Gasteiger partial charge in [0.05, 0.1) is 12.8 Å². The van der Waals surface area contributed by atoms with Crippen LogP contribution in [0.15, 0.2) is 66.3 Å². The Morgan fingerprint density at radius 3 is 2.69 bits per heavy atom. The fraction of sp³-hybridized carbons (Fsp3) is 0.0500. The molecule has 5 nitrogen and oxygen atoms in total. The average molecular weight is 361 g/mol. The van der Waals surface area contributed by atoms with Gasteiger partial charge in [0.15, 0.2) is 5.13 Å². The second-order valence-corrected chi connectivity index (χ2v) is 6.45. The van der Waals surface area contributed by atoms with E-state index in [1.165, 1.54) is 11.3 Å².